The lowest BCUT2D eigenvalue weighted by molar-refractivity contribution is 0.0734. The molecule has 9 heteroatoms. The standard InChI is InChI=1S/C20H14BrClN2O4S/c21-15-10-11-19(28-20(25)17-8-4-5-9-18(17)22)14(12-15)13-23-24-29(26,27)16-6-2-1-3-7-16/h1-13,24H/b23-13-. The highest BCUT2D eigenvalue weighted by Gasteiger charge is 2.15. The third-order valence-corrected chi connectivity index (χ3v) is 5.76. The van der Waals surface area contributed by atoms with Crippen LogP contribution in [0.5, 0.6) is 5.75 Å². The molecule has 3 aromatic rings. The van der Waals surface area contributed by atoms with Crippen LogP contribution in [0.15, 0.2) is 87.3 Å². The van der Waals surface area contributed by atoms with Crippen LogP contribution < -0.4 is 9.57 Å². The van der Waals surface area contributed by atoms with Gasteiger partial charge in [0.2, 0.25) is 0 Å². The molecular weight excluding hydrogens is 480 g/mol. The minimum atomic E-state index is -3.81. The van der Waals surface area contributed by atoms with Crippen molar-refractivity contribution in [3.05, 3.63) is 93.4 Å². The Morgan fingerprint density at radius 2 is 1.72 bits per heavy atom. The molecule has 0 aromatic heterocycles. The number of nitrogens with one attached hydrogen (secondary N) is 1. The number of halogens is 2. The van der Waals surface area contributed by atoms with Crippen LogP contribution >= 0.6 is 27.5 Å². The van der Waals surface area contributed by atoms with E-state index in [9.17, 15) is 13.2 Å². The molecular formula is C20H14BrClN2O4S. The lowest BCUT2D eigenvalue weighted by Crippen LogP contribution is -2.18. The Balaban J connectivity index is 1.81. The van der Waals surface area contributed by atoms with Crippen LogP contribution in [0.3, 0.4) is 0 Å². The first-order chi connectivity index (χ1) is 13.9. The summed E-state index contributed by atoms with van der Waals surface area (Å²) < 4.78 is 30.6. The van der Waals surface area contributed by atoms with Gasteiger partial charge in [0.25, 0.3) is 10.0 Å². The van der Waals surface area contributed by atoms with E-state index in [4.69, 9.17) is 16.3 Å². The summed E-state index contributed by atoms with van der Waals surface area (Å²) in [4.78, 5) is 14.6. The molecule has 0 atom stereocenters. The van der Waals surface area contributed by atoms with E-state index in [2.05, 4.69) is 25.9 Å². The Kier molecular flexibility index (Phi) is 6.68. The number of hydrogen-bond acceptors (Lipinski definition) is 5. The molecule has 0 fully saturated rings. The number of carbonyl (C=O) groups is 1. The summed E-state index contributed by atoms with van der Waals surface area (Å²) in [7, 11) is -3.81. The van der Waals surface area contributed by atoms with Crippen LogP contribution in [0.1, 0.15) is 15.9 Å². The average Bonchev–Trinajstić information content (AvgIpc) is 2.71. The number of ether oxygens (including phenoxy) is 1. The molecule has 0 amide bonds. The predicted octanol–water partition coefficient (Wildman–Crippen LogP) is 4.63. The topological polar surface area (TPSA) is 84.8 Å². The zero-order valence-electron chi connectivity index (χ0n) is 14.7. The molecule has 0 aliphatic rings. The quantitative estimate of drug-likeness (QED) is 0.235. The molecule has 0 saturated carbocycles. The Labute approximate surface area is 181 Å². The first-order valence-corrected chi connectivity index (χ1v) is 10.9. The van der Waals surface area contributed by atoms with Gasteiger partial charge in [0.05, 0.1) is 21.7 Å². The highest BCUT2D eigenvalue weighted by atomic mass is 79.9. The van der Waals surface area contributed by atoms with Gasteiger partial charge >= 0.3 is 5.97 Å². The maximum Gasteiger partial charge on any atom is 0.345 e. The molecule has 0 heterocycles. The number of sulfonamides is 1. The molecule has 0 spiro atoms. The van der Waals surface area contributed by atoms with Crippen LogP contribution in [0.25, 0.3) is 0 Å². The molecule has 148 valence electrons. The van der Waals surface area contributed by atoms with E-state index in [0.717, 1.165) is 0 Å². The largest absolute Gasteiger partial charge is 0.422 e. The highest BCUT2D eigenvalue weighted by molar-refractivity contribution is 9.10. The smallest absolute Gasteiger partial charge is 0.345 e. The third kappa shape index (κ3) is 5.44. The van der Waals surface area contributed by atoms with Crippen molar-refractivity contribution in [2.24, 2.45) is 5.10 Å². The van der Waals surface area contributed by atoms with E-state index < -0.39 is 16.0 Å². The maximum atomic E-state index is 12.4. The third-order valence-electron chi connectivity index (χ3n) is 3.70. The fraction of sp³-hybridized carbons (Fsp3) is 0. The Bertz CT molecular complexity index is 1170. The van der Waals surface area contributed by atoms with Gasteiger partial charge in [0.1, 0.15) is 5.75 Å². The van der Waals surface area contributed by atoms with Crippen molar-refractivity contribution < 1.29 is 17.9 Å². The molecule has 6 nitrogen and oxygen atoms in total. The Morgan fingerprint density at radius 3 is 2.45 bits per heavy atom. The summed E-state index contributed by atoms with van der Waals surface area (Å²) >= 11 is 9.36. The number of hydrazone groups is 1. The van der Waals surface area contributed by atoms with E-state index >= 15 is 0 Å². The van der Waals surface area contributed by atoms with Crippen LogP contribution in [0.2, 0.25) is 5.02 Å². The number of hydrogen-bond donors (Lipinski definition) is 1. The van der Waals surface area contributed by atoms with E-state index in [-0.39, 0.29) is 21.2 Å². The van der Waals surface area contributed by atoms with Gasteiger partial charge in [-0.15, -0.1) is 0 Å². The zero-order chi connectivity index (χ0) is 20.9. The summed E-state index contributed by atoms with van der Waals surface area (Å²) in [5.41, 5.74) is 0.597. The summed E-state index contributed by atoms with van der Waals surface area (Å²) in [6.45, 7) is 0. The van der Waals surface area contributed by atoms with Crippen molar-refractivity contribution in [3.63, 3.8) is 0 Å². The molecule has 3 aromatic carbocycles. The summed E-state index contributed by atoms with van der Waals surface area (Å²) in [5.74, 6) is -0.446. The van der Waals surface area contributed by atoms with Crippen molar-refractivity contribution in [2.45, 2.75) is 4.90 Å². The normalized spacial score (nSPS) is 11.4. The molecule has 0 bridgehead atoms. The molecule has 0 radical (unpaired) electrons. The lowest BCUT2D eigenvalue weighted by atomic mass is 10.2. The van der Waals surface area contributed by atoms with Crippen LogP contribution in [-0.4, -0.2) is 20.6 Å². The molecule has 0 aliphatic carbocycles. The second-order valence-corrected chi connectivity index (χ2v) is 8.70. The summed E-state index contributed by atoms with van der Waals surface area (Å²) in [6.07, 6.45) is 1.25. The van der Waals surface area contributed by atoms with Gasteiger partial charge in [-0.2, -0.15) is 13.5 Å². The number of esters is 1. The highest BCUT2D eigenvalue weighted by Crippen LogP contribution is 2.24. The molecule has 1 N–H and O–H groups in total. The van der Waals surface area contributed by atoms with Gasteiger partial charge in [-0.1, -0.05) is 57.9 Å². The maximum absolute atomic E-state index is 12.4. The fourth-order valence-corrected chi connectivity index (χ4v) is 3.72. The van der Waals surface area contributed by atoms with Crippen LogP contribution in [-0.2, 0) is 10.0 Å². The van der Waals surface area contributed by atoms with E-state index in [1.165, 1.54) is 18.3 Å². The van der Waals surface area contributed by atoms with Gasteiger partial charge in [-0.05, 0) is 42.5 Å². The number of carbonyl (C=O) groups excluding carboxylic acids is 1. The second-order valence-electron chi connectivity index (χ2n) is 5.72. The van der Waals surface area contributed by atoms with E-state index in [1.54, 1.807) is 60.7 Å². The molecule has 3 rings (SSSR count). The average molecular weight is 494 g/mol. The minimum absolute atomic E-state index is 0.0803. The zero-order valence-corrected chi connectivity index (χ0v) is 17.9. The first-order valence-electron chi connectivity index (χ1n) is 8.23. The van der Waals surface area contributed by atoms with Crippen LogP contribution in [0, 0.1) is 0 Å². The molecule has 29 heavy (non-hydrogen) atoms. The number of rotatable bonds is 6. The Morgan fingerprint density at radius 1 is 1.03 bits per heavy atom. The van der Waals surface area contributed by atoms with Crippen molar-refractivity contribution in [1.82, 2.24) is 4.83 Å². The monoisotopic (exact) mass is 492 g/mol. The van der Waals surface area contributed by atoms with Crippen molar-refractivity contribution >= 4 is 49.7 Å². The molecule has 0 unspecified atom stereocenters. The second kappa shape index (κ2) is 9.21. The van der Waals surface area contributed by atoms with Gasteiger partial charge in [0, 0.05) is 10.0 Å². The summed E-state index contributed by atoms with van der Waals surface area (Å²) in [6, 6.07) is 19.2. The Hall–Kier alpha value is -2.68. The van der Waals surface area contributed by atoms with E-state index in [1.807, 2.05) is 0 Å². The number of nitrogens with zero attached hydrogens (tertiary/aromatic N) is 1. The van der Waals surface area contributed by atoms with Crippen molar-refractivity contribution in [3.8, 4) is 5.75 Å². The SMILES string of the molecule is O=C(Oc1ccc(Br)cc1/C=N\NS(=O)(=O)c1ccccc1)c1ccccc1Cl. The lowest BCUT2D eigenvalue weighted by Gasteiger charge is -2.09. The molecule has 0 saturated heterocycles. The van der Waals surface area contributed by atoms with Crippen molar-refractivity contribution in [2.75, 3.05) is 0 Å². The summed E-state index contributed by atoms with van der Waals surface area (Å²) in [5, 5.41) is 4.05. The number of benzene rings is 3. The predicted molar refractivity (Wildman–Crippen MR) is 115 cm³/mol. The van der Waals surface area contributed by atoms with Gasteiger partial charge < -0.3 is 4.74 Å². The fourth-order valence-electron chi connectivity index (χ4n) is 2.31. The van der Waals surface area contributed by atoms with Gasteiger partial charge in [0.15, 0.2) is 0 Å². The van der Waals surface area contributed by atoms with Gasteiger partial charge in [-0.3, -0.25) is 0 Å². The van der Waals surface area contributed by atoms with Gasteiger partial charge in [-0.25, -0.2) is 9.63 Å². The minimum Gasteiger partial charge on any atom is -0.422 e. The molecule has 0 aliphatic heterocycles. The van der Waals surface area contributed by atoms with Crippen LogP contribution in [0.4, 0.5) is 0 Å². The van der Waals surface area contributed by atoms with Crippen molar-refractivity contribution in [1.29, 1.82) is 0 Å². The first kappa shape index (κ1) is 21.0. The van der Waals surface area contributed by atoms with E-state index in [0.29, 0.717) is 10.0 Å².